The van der Waals surface area contributed by atoms with E-state index in [0.717, 1.165) is 23.3 Å². The van der Waals surface area contributed by atoms with Gasteiger partial charge in [0.25, 0.3) is 0 Å². The van der Waals surface area contributed by atoms with Gasteiger partial charge < -0.3 is 19.4 Å². The Morgan fingerprint density at radius 3 is 2.61 bits per heavy atom. The Balaban J connectivity index is 1.36. The Hall–Kier alpha value is -3.66. The SMILES string of the molecule is C[C@H](Sc1nc2cc(C(F)(F)F)ccc2n1Cc1ccccc1)C(=O)NCc1ccc2c(c1)OCO2. The number of nitrogens with one attached hydrogen (secondary N) is 1. The highest BCUT2D eigenvalue weighted by molar-refractivity contribution is 8.00. The van der Waals surface area contributed by atoms with Crippen LogP contribution >= 0.6 is 11.8 Å². The van der Waals surface area contributed by atoms with Crippen molar-refractivity contribution in [3.05, 3.63) is 83.4 Å². The molecule has 1 amide bonds. The number of hydrogen-bond donors (Lipinski definition) is 1. The summed E-state index contributed by atoms with van der Waals surface area (Å²) in [7, 11) is 0. The fourth-order valence-corrected chi connectivity index (χ4v) is 4.84. The maximum Gasteiger partial charge on any atom is 0.416 e. The number of benzene rings is 3. The number of rotatable bonds is 7. The van der Waals surface area contributed by atoms with Gasteiger partial charge in [0.1, 0.15) is 0 Å². The quantitative estimate of drug-likeness (QED) is 0.325. The second kappa shape index (κ2) is 9.77. The van der Waals surface area contributed by atoms with Gasteiger partial charge in [0.05, 0.1) is 28.4 Å². The molecule has 2 heterocycles. The molecule has 0 spiro atoms. The first-order valence-corrected chi connectivity index (χ1v) is 12.1. The first-order valence-electron chi connectivity index (χ1n) is 11.2. The molecule has 36 heavy (non-hydrogen) atoms. The van der Waals surface area contributed by atoms with Gasteiger partial charge in [-0.25, -0.2) is 4.98 Å². The number of carbonyl (C=O) groups excluding carboxylic acids is 1. The van der Waals surface area contributed by atoms with Crippen LogP contribution in [0.4, 0.5) is 13.2 Å². The lowest BCUT2D eigenvalue weighted by atomic mass is 10.2. The van der Waals surface area contributed by atoms with E-state index in [1.54, 1.807) is 13.0 Å². The van der Waals surface area contributed by atoms with Crippen LogP contribution in [0.15, 0.2) is 71.9 Å². The van der Waals surface area contributed by atoms with Gasteiger partial charge in [0.2, 0.25) is 12.7 Å². The van der Waals surface area contributed by atoms with Gasteiger partial charge in [-0.15, -0.1) is 0 Å². The predicted molar refractivity (Wildman–Crippen MR) is 130 cm³/mol. The van der Waals surface area contributed by atoms with Crippen molar-refractivity contribution in [1.29, 1.82) is 0 Å². The monoisotopic (exact) mass is 513 g/mol. The molecular weight excluding hydrogens is 491 g/mol. The Morgan fingerprint density at radius 1 is 1.06 bits per heavy atom. The van der Waals surface area contributed by atoms with Crippen molar-refractivity contribution < 1.29 is 27.4 Å². The molecule has 1 aromatic heterocycles. The van der Waals surface area contributed by atoms with E-state index < -0.39 is 17.0 Å². The summed E-state index contributed by atoms with van der Waals surface area (Å²) < 4.78 is 52.3. The molecule has 0 unspecified atom stereocenters. The van der Waals surface area contributed by atoms with Gasteiger partial charge in [0.15, 0.2) is 16.7 Å². The molecule has 0 saturated carbocycles. The largest absolute Gasteiger partial charge is 0.454 e. The smallest absolute Gasteiger partial charge is 0.416 e. The summed E-state index contributed by atoms with van der Waals surface area (Å²) >= 11 is 1.21. The molecule has 0 bridgehead atoms. The first kappa shape index (κ1) is 24.1. The van der Waals surface area contributed by atoms with E-state index in [-0.39, 0.29) is 18.2 Å². The molecule has 1 atom stereocenters. The summed E-state index contributed by atoms with van der Waals surface area (Å²) in [5.74, 6) is 1.09. The molecule has 1 aliphatic rings. The Morgan fingerprint density at radius 2 is 1.83 bits per heavy atom. The van der Waals surface area contributed by atoms with Gasteiger partial charge in [-0.2, -0.15) is 13.2 Å². The number of halogens is 3. The van der Waals surface area contributed by atoms with Crippen LogP contribution in [0.3, 0.4) is 0 Å². The highest BCUT2D eigenvalue weighted by Gasteiger charge is 2.31. The molecule has 0 aliphatic carbocycles. The fraction of sp³-hybridized carbons (Fsp3) is 0.231. The molecule has 186 valence electrons. The maximum absolute atomic E-state index is 13.3. The number of alkyl halides is 3. The Bertz CT molecular complexity index is 1410. The van der Waals surface area contributed by atoms with Crippen molar-refractivity contribution in [2.45, 2.75) is 36.6 Å². The normalized spacial score (nSPS) is 13.7. The van der Waals surface area contributed by atoms with E-state index in [0.29, 0.717) is 35.3 Å². The predicted octanol–water partition coefficient (Wildman–Crippen LogP) is 5.63. The van der Waals surface area contributed by atoms with E-state index in [1.165, 1.54) is 17.8 Å². The summed E-state index contributed by atoms with van der Waals surface area (Å²) in [6.07, 6.45) is -4.47. The number of amides is 1. The van der Waals surface area contributed by atoms with Gasteiger partial charge >= 0.3 is 6.18 Å². The molecule has 3 aromatic carbocycles. The number of ether oxygens (including phenoxy) is 2. The number of thioether (sulfide) groups is 1. The zero-order valence-corrected chi connectivity index (χ0v) is 20.0. The minimum Gasteiger partial charge on any atom is -0.454 e. The molecule has 1 N–H and O–H groups in total. The first-order chi connectivity index (χ1) is 17.3. The Labute approximate surface area is 209 Å². The maximum atomic E-state index is 13.3. The van der Waals surface area contributed by atoms with Crippen LogP contribution < -0.4 is 14.8 Å². The average Bonchev–Trinajstić information content (AvgIpc) is 3.46. The molecule has 6 nitrogen and oxygen atoms in total. The second-order valence-electron chi connectivity index (χ2n) is 8.33. The van der Waals surface area contributed by atoms with Crippen LogP contribution in [-0.4, -0.2) is 27.5 Å². The molecule has 0 fully saturated rings. The van der Waals surface area contributed by atoms with Crippen molar-refractivity contribution in [2.24, 2.45) is 0 Å². The van der Waals surface area contributed by atoms with E-state index >= 15 is 0 Å². The fourth-order valence-electron chi connectivity index (χ4n) is 3.89. The van der Waals surface area contributed by atoms with E-state index in [4.69, 9.17) is 9.47 Å². The number of hydrogen-bond acceptors (Lipinski definition) is 5. The number of aromatic nitrogens is 2. The van der Waals surface area contributed by atoms with Crippen molar-refractivity contribution in [1.82, 2.24) is 14.9 Å². The van der Waals surface area contributed by atoms with Crippen molar-refractivity contribution in [3.63, 3.8) is 0 Å². The van der Waals surface area contributed by atoms with Crippen molar-refractivity contribution in [3.8, 4) is 11.5 Å². The Kier molecular flexibility index (Phi) is 6.53. The van der Waals surface area contributed by atoms with Crippen molar-refractivity contribution >= 4 is 28.7 Å². The highest BCUT2D eigenvalue weighted by Crippen LogP contribution is 2.35. The third kappa shape index (κ3) is 5.13. The summed E-state index contributed by atoms with van der Waals surface area (Å²) in [6, 6.07) is 18.6. The van der Waals surface area contributed by atoms with Crippen molar-refractivity contribution in [2.75, 3.05) is 6.79 Å². The van der Waals surface area contributed by atoms with Gasteiger partial charge in [0, 0.05) is 6.54 Å². The van der Waals surface area contributed by atoms with Crippen LogP contribution in [0.25, 0.3) is 11.0 Å². The topological polar surface area (TPSA) is 65.4 Å². The van der Waals surface area contributed by atoms with Crippen LogP contribution in [-0.2, 0) is 24.1 Å². The average molecular weight is 514 g/mol. The molecule has 4 aromatic rings. The lowest BCUT2D eigenvalue weighted by Crippen LogP contribution is -2.30. The molecule has 5 rings (SSSR count). The molecule has 10 heteroatoms. The van der Waals surface area contributed by atoms with E-state index in [2.05, 4.69) is 10.3 Å². The lowest BCUT2D eigenvalue weighted by Gasteiger charge is -2.14. The summed E-state index contributed by atoms with van der Waals surface area (Å²) in [4.78, 5) is 17.3. The third-order valence-electron chi connectivity index (χ3n) is 5.78. The van der Waals surface area contributed by atoms with Crippen LogP contribution in [0.2, 0.25) is 0 Å². The van der Waals surface area contributed by atoms with Crippen LogP contribution in [0, 0.1) is 0 Å². The zero-order valence-electron chi connectivity index (χ0n) is 19.2. The van der Waals surface area contributed by atoms with Crippen LogP contribution in [0.1, 0.15) is 23.6 Å². The number of carbonyl (C=O) groups is 1. The molecule has 0 radical (unpaired) electrons. The van der Waals surface area contributed by atoms with E-state index in [1.807, 2.05) is 47.0 Å². The highest BCUT2D eigenvalue weighted by atomic mass is 32.2. The lowest BCUT2D eigenvalue weighted by molar-refractivity contribution is -0.137. The summed E-state index contributed by atoms with van der Waals surface area (Å²) in [5, 5.41) is 2.84. The summed E-state index contributed by atoms with van der Waals surface area (Å²) in [6.45, 7) is 2.63. The number of nitrogens with zero attached hydrogens (tertiary/aromatic N) is 2. The molecule has 0 saturated heterocycles. The number of imidazole rings is 1. The second-order valence-corrected chi connectivity index (χ2v) is 9.64. The summed E-state index contributed by atoms with van der Waals surface area (Å²) in [5.41, 5.74) is 1.88. The molecular formula is C26H22F3N3O3S. The minimum absolute atomic E-state index is 0.174. The van der Waals surface area contributed by atoms with Crippen LogP contribution in [0.5, 0.6) is 11.5 Å². The zero-order chi connectivity index (χ0) is 25.3. The third-order valence-corrected chi connectivity index (χ3v) is 6.87. The minimum atomic E-state index is -4.47. The van der Waals surface area contributed by atoms with Gasteiger partial charge in [-0.3, -0.25) is 4.79 Å². The van der Waals surface area contributed by atoms with Gasteiger partial charge in [-0.1, -0.05) is 48.2 Å². The molecule has 1 aliphatic heterocycles. The van der Waals surface area contributed by atoms with E-state index in [9.17, 15) is 18.0 Å². The number of fused-ring (bicyclic) bond motifs is 2. The standard InChI is InChI=1S/C26H22F3N3O3S/c1-16(24(33)30-13-18-7-10-22-23(11-18)35-15-34-22)36-25-31-20-12-19(26(27,28)29)8-9-21(20)32(25)14-17-5-3-2-4-6-17/h2-12,16H,13-15H2,1H3,(H,30,33)/t16-/m0/s1. The van der Waals surface area contributed by atoms with Gasteiger partial charge in [-0.05, 0) is 48.4 Å².